The first-order valence-electron chi connectivity index (χ1n) is 13.2. The van der Waals surface area contributed by atoms with Crippen LogP contribution < -0.4 is 9.62 Å². The maximum Gasteiger partial charge on any atom is 0.244 e. The molecule has 3 aromatic carbocycles. The van der Waals surface area contributed by atoms with E-state index >= 15 is 0 Å². The zero-order valence-electron chi connectivity index (χ0n) is 23.7. The van der Waals surface area contributed by atoms with Crippen molar-refractivity contribution in [3.8, 4) is 0 Å². The van der Waals surface area contributed by atoms with Gasteiger partial charge in [-0.25, -0.2) is 8.42 Å². The van der Waals surface area contributed by atoms with Gasteiger partial charge in [-0.15, -0.1) is 0 Å². The van der Waals surface area contributed by atoms with Gasteiger partial charge >= 0.3 is 0 Å². The average Bonchev–Trinajstić information content (AvgIpc) is 2.90. The predicted molar refractivity (Wildman–Crippen MR) is 165 cm³/mol. The number of nitrogens with zero attached hydrogens (tertiary/aromatic N) is 2. The lowest BCUT2D eigenvalue weighted by Gasteiger charge is -2.33. The number of hydrogen-bond donors (Lipinski definition) is 1. The number of rotatable bonds is 11. The van der Waals surface area contributed by atoms with E-state index in [0.29, 0.717) is 12.2 Å². The van der Waals surface area contributed by atoms with Crippen LogP contribution in [0.25, 0.3) is 0 Å². The normalized spacial score (nSPS) is 12.4. The molecule has 0 radical (unpaired) electrons. The summed E-state index contributed by atoms with van der Waals surface area (Å²) >= 11 is 3.44. The number of nitrogens with one attached hydrogen (secondary N) is 1. The number of anilines is 1. The topological polar surface area (TPSA) is 86.8 Å². The lowest BCUT2D eigenvalue weighted by Crippen LogP contribution is -2.53. The van der Waals surface area contributed by atoms with Crippen LogP contribution in [0.3, 0.4) is 0 Å². The standard InChI is InChI=1S/C31H38BrN3O4S/c1-6-33-30(37)28(20-23-10-8-7-9-11-23)34(21-24-12-16-26(32)17-13-24)29(36)22-35(40(5,38)39)27-18-14-25(15-19-27)31(2,3)4/h7-19,28H,6,20-22H2,1-5H3,(H,33,37)/t28-/m1/s1. The molecule has 0 spiro atoms. The van der Waals surface area contributed by atoms with Gasteiger partial charge < -0.3 is 10.2 Å². The summed E-state index contributed by atoms with van der Waals surface area (Å²) in [6.45, 7) is 8.16. The molecule has 3 aromatic rings. The summed E-state index contributed by atoms with van der Waals surface area (Å²) in [5.74, 6) is -0.766. The van der Waals surface area contributed by atoms with Crippen molar-refractivity contribution in [1.29, 1.82) is 0 Å². The summed E-state index contributed by atoms with van der Waals surface area (Å²) in [6.07, 6.45) is 1.37. The number of carbonyl (C=O) groups excluding carboxylic acids is 2. The molecule has 2 amide bonds. The lowest BCUT2D eigenvalue weighted by molar-refractivity contribution is -0.140. The molecule has 40 heavy (non-hydrogen) atoms. The summed E-state index contributed by atoms with van der Waals surface area (Å²) in [6, 6.07) is 23.3. The highest BCUT2D eigenvalue weighted by molar-refractivity contribution is 9.10. The van der Waals surface area contributed by atoms with Crippen LogP contribution in [0.4, 0.5) is 5.69 Å². The van der Waals surface area contributed by atoms with E-state index in [1.807, 2.05) is 73.7 Å². The fourth-order valence-corrected chi connectivity index (χ4v) is 5.49. The predicted octanol–water partition coefficient (Wildman–Crippen LogP) is 5.29. The van der Waals surface area contributed by atoms with Crippen molar-refractivity contribution in [2.45, 2.75) is 52.1 Å². The van der Waals surface area contributed by atoms with Gasteiger partial charge in [0.25, 0.3) is 0 Å². The molecule has 0 aromatic heterocycles. The summed E-state index contributed by atoms with van der Waals surface area (Å²) in [5, 5.41) is 2.86. The maximum atomic E-state index is 14.0. The Hall–Kier alpha value is -3.17. The highest BCUT2D eigenvalue weighted by Crippen LogP contribution is 2.26. The number of sulfonamides is 1. The molecule has 7 nitrogen and oxygen atoms in total. The van der Waals surface area contributed by atoms with Crippen LogP contribution in [0, 0.1) is 0 Å². The van der Waals surface area contributed by atoms with E-state index in [2.05, 4.69) is 42.0 Å². The fraction of sp³-hybridized carbons (Fsp3) is 0.355. The van der Waals surface area contributed by atoms with E-state index in [1.165, 1.54) is 4.90 Å². The lowest BCUT2D eigenvalue weighted by atomic mass is 9.87. The number of hydrogen-bond acceptors (Lipinski definition) is 4. The van der Waals surface area contributed by atoms with Crippen molar-refractivity contribution in [3.05, 3.63) is 100 Å². The van der Waals surface area contributed by atoms with Crippen molar-refractivity contribution in [2.24, 2.45) is 0 Å². The molecule has 3 rings (SSSR count). The Morgan fingerprint density at radius 1 is 0.900 bits per heavy atom. The SMILES string of the molecule is CCNC(=O)[C@@H](Cc1ccccc1)N(Cc1ccc(Br)cc1)C(=O)CN(c1ccc(C(C)(C)C)cc1)S(C)(=O)=O. The van der Waals surface area contributed by atoms with Crippen LogP contribution >= 0.6 is 15.9 Å². The molecule has 0 saturated heterocycles. The Labute approximate surface area is 246 Å². The van der Waals surface area contributed by atoms with Gasteiger partial charge in [0.2, 0.25) is 21.8 Å². The number of likely N-dealkylation sites (N-methyl/N-ethyl adjacent to an activating group) is 1. The highest BCUT2D eigenvalue weighted by Gasteiger charge is 2.33. The van der Waals surface area contributed by atoms with Gasteiger partial charge in [0.1, 0.15) is 12.6 Å². The van der Waals surface area contributed by atoms with E-state index < -0.39 is 28.5 Å². The van der Waals surface area contributed by atoms with Crippen molar-refractivity contribution in [3.63, 3.8) is 0 Å². The summed E-state index contributed by atoms with van der Waals surface area (Å²) in [7, 11) is -3.81. The monoisotopic (exact) mass is 627 g/mol. The second-order valence-corrected chi connectivity index (χ2v) is 13.6. The van der Waals surface area contributed by atoms with E-state index in [9.17, 15) is 18.0 Å². The van der Waals surface area contributed by atoms with Crippen LogP contribution in [-0.4, -0.2) is 50.5 Å². The van der Waals surface area contributed by atoms with Gasteiger partial charge in [-0.3, -0.25) is 13.9 Å². The van der Waals surface area contributed by atoms with Crippen LogP contribution in [-0.2, 0) is 38.0 Å². The van der Waals surface area contributed by atoms with Crippen LogP contribution in [0.15, 0.2) is 83.3 Å². The van der Waals surface area contributed by atoms with Crippen LogP contribution in [0.1, 0.15) is 44.4 Å². The largest absolute Gasteiger partial charge is 0.355 e. The molecule has 0 heterocycles. The Kier molecular flexibility index (Phi) is 10.6. The number of halogens is 1. The molecule has 0 aliphatic heterocycles. The van der Waals surface area contributed by atoms with Gasteiger partial charge in [-0.1, -0.05) is 91.3 Å². The third-order valence-corrected chi connectivity index (χ3v) is 8.26. The molecule has 0 aliphatic carbocycles. The quantitative estimate of drug-likeness (QED) is 0.313. The Morgan fingerprint density at radius 3 is 2.02 bits per heavy atom. The van der Waals surface area contributed by atoms with Crippen molar-refractivity contribution in [1.82, 2.24) is 10.2 Å². The van der Waals surface area contributed by atoms with Crippen molar-refractivity contribution >= 4 is 43.5 Å². The number of carbonyl (C=O) groups is 2. The second kappa shape index (κ2) is 13.5. The van der Waals surface area contributed by atoms with Gasteiger partial charge in [-0.05, 0) is 53.3 Å². The van der Waals surface area contributed by atoms with E-state index in [-0.39, 0.29) is 24.3 Å². The third kappa shape index (κ3) is 8.66. The minimum absolute atomic E-state index is 0.108. The number of benzene rings is 3. The average molecular weight is 629 g/mol. The van der Waals surface area contributed by atoms with E-state index in [0.717, 1.165) is 31.7 Å². The molecule has 1 atom stereocenters. The molecular weight excluding hydrogens is 590 g/mol. The van der Waals surface area contributed by atoms with Crippen LogP contribution in [0.2, 0.25) is 0 Å². The maximum absolute atomic E-state index is 14.0. The first-order chi connectivity index (χ1) is 18.8. The van der Waals surface area contributed by atoms with Gasteiger partial charge in [-0.2, -0.15) is 0 Å². The Morgan fingerprint density at radius 2 is 1.50 bits per heavy atom. The molecule has 0 fully saturated rings. The first kappa shape index (κ1) is 31.4. The van der Waals surface area contributed by atoms with Crippen LogP contribution in [0.5, 0.6) is 0 Å². The smallest absolute Gasteiger partial charge is 0.244 e. The van der Waals surface area contributed by atoms with Gasteiger partial charge in [0, 0.05) is 24.0 Å². The minimum atomic E-state index is -3.81. The van der Waals surface area contributed by atoms with E-state index in [1.54, 1.807) is 12.1 Å². The number of amides is 2. The Balaban J connectivity index is 2.02. The highest BCUT2D eigenvalue weighted by atomic mass is 79.9. The van der Waals surface area contributed by atoms with Crippen molar-refractivity contribution < 1.29 is 18.0 Å². The molecule has 1 N–H and O–H groups in total. The van der Waals surface area contributed by atoms with Gasteiger partial charge in [0.05, 0.1) is 11.9 Å². The zero-order chi connectivity index (χ0) is 29.5. The summed E-state index contributed by atoms with van der Waals surface area (Å²) in [4.78, 5) is 28.9. The molecule has 214 valence electrons. The first-order valence-corrected chi connectivity index (χ1v) is 15.9. The molecule has 9 heteroatoms. The molecule has 0 unspecified atom stereocenters. The van der Waals surface area contributed by atoms with Crippen molar-refractivity contribution in [2.75, 3.05) is 23.7 Å². The second-order valence-electron chi connectivity index (χ2n) is 10.8. The summed E-state index contributed by atoms with van der Waals surface area (Å²) < 4.78 is 27.9. The van der Waals surface area contributed by atoms with Gasteiger partial charge in [0.15, 0.2) is 0 Å². The Bertz CT molecular complexity index is 1390. The summed E-state index contributed by atoms with van der Waals surface area (Å²) in [5.41, 5.74) is 3.05. The molecule has 0 aliphatic rings. The minimum Gasteiger partial charge on any atom is -0.355 e. The zero-order valence-corrected chi connectivity index (χ0v) is 26.1. The third-order valence-electron chi connectivity index (χ3n) is 6.59. The van der Waals surface area contributed by atoms with E-state index in [4.69, 9.17) is 0 Å². The fourth-order valence-electron chi connectivity index (χ4n) is 4.37. The molecule has 0 bridgehead atoms. The molecular formula is C31H38BrN3O4S. The molecule has 0 saturated carbocycles.